The maximum absolute atomic E-state index is 12.9. The number of aliphatic hydroxyl groups excluding tert-OH is 1. The summed E-state index contributed by atoms with van der Waals surface area (Å²) >= 11 is 0. The molecular formula is C15H25FN2O. The monoisotopic (exact) mass is 268 g/mol. The highest BCUT2D eigenvalue weighted by atomic mass is 19.1. The highest BCUT2D eigenvalue weighted by Gasteiger charge is 2.18. The molecule has 0 saturated carbocycles. The second-order valence-corrected chi connectivity index (χ2v) is 5.12. The maximum Gasteiger partial charge on any atom is 0.123 e. The molecule has 3 nitrogen and oxygen atoms in total. The molecule has 0 bridgehead atoms. The molecule has 4 heteroatoms. The molecule has 1 rings (SSSR count). The van der Waals surface area contributed by atoms with Crippen molar-refractivity contribution in [2.45, 2.75) is 31.9 Å². The van der Waals surface area contributed by atoms with Crippen molar-refractivity contribution in [3.63, 3.8) is 0 Å². The first-order valence-corrected chi connectivity index (χ1v) is 6.86. The van der Waals surface area contributed by atoms with Crippen molar-refractivity contribution < 1.29 is 9.50 Å². The fraction of sp³-hybridized carbons (Fsp3) is 0.600. The van der Waals surface area contributed by atoms with Crippen molar-refractivity contribution in [2.24, 2.45) is 0 Å². The third-order valence-electron chi connectivity index (χ3n) is 3.22. The molecule has 0 heterocycles. The lowest BCUT2D eigenvalue weighted by atomic mass is 10.00. The topological polar surface area (TPSA) is 35.5 Å². The summed E-state index contributed by atoms with van der Waals surface area (Å²) in [5.41, 5.74) is 0.758. The Morgan fingerprint density at radius 3 is 2.42 bits per heavy atom. The Morgan fingerprint density at radius 2 is 1.89 bits per heavy atom. The lowest BCUT2D eigenvalue weighted by molar-refractivity contribution is 0.125. The minimum Gasteiger partial charge on any atom is -0.387 e. The zero-order valence-corrected chi connectivity index (χ0v) is 12.1. The standard InChI is InChI=1S/C15H25FN2O/c1-4-14(17-10-5-11-18(2)3)15(19)12-6-8-13(16)9-7-12/h6-9,14-15,17,19H,4-5,10-11H2,1-3H3. The molecule has 0 saturated heterocycles. The maximum atomic E-state index is 12.9. The predicted molar refractivity (Wildman–Crippen MR) is 76.6 cm³/mol. The predicted octanol–water partition coefficient (Wildman–Crippen LogP) is 2.18. The fourth-order valence-corrected chi connectivity index (χ4v) is 2.05. The molecular weight excluding hydrogens is 243 g/mol. The first kappa shape index (κ1) is 16.1. The van der Waals surface area contributed by atoms with Crippen molar-refractivity contribution in [1.29, 1.82) is 0 Å². The molecule has 108 valence electrons. The normalized spacial score (nSPS) is 14.6. The quantitative estimate of drug-likeness (QED) is 0.709. The zero-order chi connectivity index (χ0) is 14.3. The molecule has 0 amide bonds. The molecule has 0 aromatic heterocycles. The molecule has 19 heavy (non-hydrogen) atoms. The van der Waals surface area contributed by atoms with Crippen molar-refractivity contribution in [2.75, 3.05) is 27.2 Å². The van der Waals surface area contributed by atoms with E-state index in [1.165, 1.54) is 12.1 Å². The molecule has 0 aliphatic heterocycles. The summed E-state index contributed by atoms with van der Waals surface area (Å²) in [6.45, 7) is 3.93. The van der Waals surface area contributed by atoms with E-state index in [9.17, 15) is 9.50 Å². The lowest BCUT2D eigenvalue weighted by Crippen LogP contribution is -2.36. The van der Waals surface area contributed by atoms with Gasteiger partial charge in [-0.2, -0.15) is 0 Å². The number of aliphatic hydroxyl groups is 1. The van der Waals surface area contributed by atoms with Gasteiger partial charge in [0.1, 0.15) is 5.82 Å². The van der Waals surface area contributed by atoms with Gasteiger partial charge in [-0.25, -0.2) is 4.39 Å². The minimum absolute atomic E-state index is 0.00706. The Bertz CT molecular complexity index is 354. The van der Waals surface area contributed by atoms with Gasteiger partial charge < -0.3 is 15.3 Å². The molecule has 2 atom stereocenters. The highest BCUT2D eigenvalue weighted by Crippen LogP contribution is 2.19. The van der Waals surface area contributed by atoms with Gasteiger partial charge in [0.05, 0.1) is 6.10 Å². The molecule has 0 aliphatic carbocycles. The van der Waals surface area contributed by atoms with E-state index in [0.29, 0.717) is 0 Å². The van der Waals surface area contributed by atoms with Gasteiger partial charge in [-0.3, -0.25) is 0 Å². The second-order valence-electron chi connectivity index (χ2n) is 5.12. The van der Waals surface area contributed by atoms with Gasteiger partial charge in [0.25, 0.3) is 0 Å². The summed E-state index contributed by atoms with van der Waals surface area (Å²) in [5, 5.41) is 13.7. The molecule has 1 aromatic rings. The average molecular weight is 268 g/mol. The van der Waals surface area contributed by atoms with Crippen LogP contribution in [0.3, 0.4) is 0 Å². The molecule has 0 aliphatic rings. The minimum atomic E-state index is -0.593. The number of hydrogen-bond donors (Lipinski definition) is 2. The van der Waals surface area contributed by atoms with Crippen LogP contribution in [-0.4, -0.2) is 43.2 Å². The first-order valence-electron chi connectivity index (χ1n) is 6.86. The number of hydrogen-bond acceptors (Lipinski definition) is 3. The van der Waals surface area contributed by atoms with E-state index >= 15 is 0 Å². The molecule has 0 spiro atoms. The van der Waals surface area contributed by atoms with Crippen molar-refractivity contribution in [3.05, 3.63) is 35.6 Å². The summed E-state index contributed by atoms with van der Waals surface area (Å²) < 4.78 is 12.9. The van der Waals surface area contributed by atoms with E-state index in [1.54, 1.807) is 12.1 Å². The number of nitrogens with one attached hydrogen (secondary N) is 1. The van der Waals surface area contributed by atoms with Crippen molar-refractivity contribution >= 4 is 0 Å². The van der Waals surface area contributed by atoms with Crippen LogP contribution in [0.25, 0.3) is 0 Å². The Hall–Kier alpha value is -0.970. The van der Waals surface area contributed by atoms with E-state index < -0.39 is 6.10 Å². The van der Waals surface area contributed by atoms with Crippen LogP contribution in [0.1, 0.15) is 31.4 Å². The SMILES string of the molecule is CCC(NCCCN(C)C)C(O)c1ccc(F)cc1. The summed E-state index contributed by atoms with van der Waals surface area (Å²) in [6.07, 6.45) is 1.28. The van der Waals surface area contributed by atoms with Gasteiger partial charge >= 0.3 is 0 Å². The largest absolute Gasteiger partial charge is 0.387 e. The summed E-state index contributed by atoms with van der Waals surface area (Å²) in [5.74, 6) is -0.275. The van der Waals surface area contributed by atoms with Crippen LogP contribution in [0.5, 0.6) is 0 Å². The smallest absolute Gasteiger partial charge is 0.123 e. The van der Waals surface area contributed by atoms with Gasteiger partial charge in [0.15, 0.2) is 0 Å². The van der Waals surface area contributed by atoms with Gasteiger partial charge in [-0.05, 0) is 57.7 Å². The second kappa shape index (κ2) is 8.25. The van der Waals surface area contributed by atoms with Crippen LogP contribution in [0.4, 0.5) is 4.39 Å². The Morgan fingerprint density at radius 1 is 1.26 bits per heavy atom. The summed E-state index contributed by atoms with van der Waals surface area (Å²) in [6, 6.07) is 6.07. The van der Waals surface area contributed by atoms with E-state index in [-0.39, 0.29) is 11.9 Å². The number of benzene rings is 1. The van der Waals surface area contributed by atoms with Crippen LogP contribution in [0.2, 0.25) is 0 Å². The van der Waals surface area contributed by atoms with Crippen LogP contribution < -0.4 is 5.32 Å². The van der Waals surface area contributed by atoms with Crippen LogP contribution >= 0.6 is 0 Å². The van der Waals surface area contributed by atoms with Crippen LogP contribution in [0.15, 0.2) is 24.3 Å². The van der Waals surface area contributed by atoms with E-state index in [4.69, 9.17) is 0 Å². The first-order chi connectivity index (χ1) is 9.04. The number of halogens is 1. The average Bonchev–Trinajstić information content (AvgIpc) is 2.39. The van der Waals surface area contributed by atoms with Crippen molar-refractivity contribution in [3.8, 4) is 0 Å². The summed E-state index contributed by atoms with van der Waals surface area (Å²) in [4.78, 5) is 2.14. The van der Waals surface area contributed by atoms with Gasteiger partial charge in [-0.1, -0.05) is 19.1 Å². The molecule has 0 radical (unpaired) electrons. The Kier molecular flexibility index (Phi) is 6.99. The zero-order valence-electron chi connectivity index (χ0n) is 12.1. The molecule has 2 unspecified atom stereocenters. The van der Waals surface area contributed by atoms with E-state index in [2.05, 4.69) is 10.2 Å². The van der Waals surface area contributed by atoms with Gasteiger partial charge in [0.2, 0.25) is 0 Å². The highest BCUT2D eigenvalue weighted by molar-refractivity contribution is 5.19. The molecule has 2 N–H and O–H groups in total. The van der Waals surface area contributed by atoms with Gasteiger partial charge in [-0.15, -0.1) is 0 Å². The molecule has 0 fully saturated rings. The third-order valence-corrected chi connectivity index (χ3v) is 3.22. The third kappa shape index (κ3) is 5.68. The van der Waals surface area contributed by atoms with Crippen molar-refractivity contribution in [1.82, 2.24) is 10.2 Å². The van der Waals surface area contributed by atoms with Crippen LogP contribution in [0, 0.1) is 5.82 Å². The summed E-state index contributed by atoms with van der Waals surface area (Å²) in [7, 11) is 4.09. The lowest BCUT2D eigenvalue weighted by Gasteiger charge is -2.23. The van der Waals surface area contributed by atoms with Gasteiger partial charge in [0, 0.05) is 6.04 Å². The number of nitrogens with zero attached hydrogens (tertiary/aromatic N) is 1. The Labute approximate surface area is 115 Å². The fourth-order valence-electron chi connectivity index (χ4n) is 2.05. The van der Waals surface area contributed by atoms with E-state index in [0.717, 1.165) is 31.5 Å². The number of rotatable bonds is 8. The van der Waals surface area contributed by atoms with E-state index in [1.807, 2.05) is 21.0 Å². The van der Waals surface area contributed by atoms with Crippen LogP contribution in [-0.2, 0) is 0 Å². The Balaban J connectivity index is 2.47. The molecule has 1 aromatic carbocycles.